The molecule has 66 valence electrons. The first-order valence-corrected chi connectivity index (χ1v) is 4.58. The number of Topliss-reactive ketones (excluding diaryl/α,β-unsaturated/α-hetero) is 1. The van der Waals surface area contributed by atoms with Crippen LogP contribution in [0.1, 0.15) is 33.1 Å². The molecule has 1 heterocycles. The lowest BCUT2D eigenvalue weighted by Crippen LogP contribution is -2.13. The van der Waals surface area contributed by atoms with Gasteiger partial charge in [-0.15, -0.1) is 0 Å². The van der Waals surface area contributed by atoms with Gasteiger partial charge in [-0.3, -0.25) is 4.79 Å². The lowest BCUT2D eigenvalue weighted by molar-refractivity contribution is -0.114. The Kier molecular flexibility index (Phi) is 1.71. The second-order valence-electron chi connectivity index (χ2n) is 3.72. The van der Waals surface area contributed by atoms with Crippen molar-refractivity contribution >= 4 is 5.78 Å². The number of ether oxygens (including phenoxy) is 1. The molecule has 1 aliphatic carbocycles. The van der Waals surface area contributed by atoms with E-state index in [1.807, 2.05) is 6.92 Å². The third-order valence-electron chi connectivity index (χ3n) is 2.91. The molecule has 2 atom stereocenters. The Hall–Kier alpha value is -0.790. The van der Waals surface area contributed by atoms with Crippen molar-refractivity contribution in [1.29, 1.82) is 0 Å². The molecule has 1 saturated carbocycles. The number of carbonyl (C=O) groups excluding carboxylic acids is 1. The van der Waals surface area contributed by atoms with Gasteiger partial charge in [0.25, 0.3) is 0 Å². The second kappa shape index (κ2) is 2.61. The zero-order valence-corrected chi connectivity index (χ0v) is 7.59. The minimum Gasteiger partial charge on any atom is -0.494 e. The predicted octanol–water partition coefficient (Wildman–Crippen LogP) is 2.05. The highest BCUT2D eigenvalue weighted by atomic mass is 16.5. The van der Waals surface area contributed by atoms with Crippen LogP contribution in [0.25, 0.3) is 0 Å². The molecule has 0 aromatic heterocycles. The van der Waals surface area contributed by atoms with E-state index in [9.17, 15) is 4.79 Å². The molecule has 2 heteroatoms. The molecule has 0 amide bonds. The molecule has 1 aliphatic heterocycles. The second-order valence-corrected chi connectivity index (χ2v) is 3.72. The van der Waals surface area contributed by atoms with Gasteiger partial charge in [0.2, 0.25) is 0 Å². The van der Waals surface area contributed by atoms with Gasteiger partial charge in [-0.2, -0.15) is 0 Å². The highest BCUT2D eigenvalue weighted by Crippen LogP contribution is 2.41. The number of fused-ring (bicyclic) bond motifs is 1. The molecule has 0 aromatic carbocycles. The molecule has 0 unspecified atom stereocenters. The fourth-order valence-electron chi connectivity index (χ4n) is 2.46. The smallest absolute Gasteiger partial charge is 0.159 e. The van der Waals surface area contributed by atoms with Crippen molar-refractivity contribution in [1.82, 2.24) is 0 Å². The molecule has 0 saturated heterocycles. The average Bonchev–Trinajstić information content (AvgIpc) is 2.44. The summed E-state index contributed by atoms with van der Waals surface area (Å²) in [5.74, 6) is 1.49. The third-order valence-corrected chi connectivity index (χ3v) is 2.91. The van der Waals surface area contributed by atoms with Gasteiger partial charge in [0.15, 0.2) is 5.78 Å². The molecule has 0 aromatic rings. The van der Waals surface area contributed by atoms with E-state index in [-0.39, 0.29) is 5.78 Å². The Bertz CT molecular complexity index is 253. The Labute approximate surface area is 72.6 Å². The van der Waals surface area contributed by atoms with E-state index >= 15 is 0 Å². The summed E-state index contributed by atoms with van der Waals surface area (Å²) in [5.41, 5.74) is 0.956. The summed E-state index contributed by atoms with van der Waals surface area (Å²) in [6.45, 7) is 3.55. The lowest BCUT2D eigenvalue weighted by Gasteiger charge is -2.09. The summed E-state index contributed by atoms with van der Waals surface area (Å²) >= 11 is 0. The van der Waals surface area contributed by atoms with E-state index < -0.39 is 0 Å². The Morgan fingerprint density at radius 2 is 2.25 bits per heavy atom. The van der Waals surface area contributed by atoms with Crippen LogP contribution >= 0.6 is 0 Å². The molecular weight excluding hydrogens is 152 g/mol. The largest absolute Gasteiger partial charge is 0.494 e. The Morgan fingerprint density at radius 1 is 1.50 bits per heavy atom. The van der Waals surface area contributed by atoms with Crippen LogP contribution in [0.3, 0.4) is 0 Å². The van der Waals surface area contributed by atoms with E-state index in [1.165, 1.54) is 6.42 Å². The van der Waals surface area contributed by atoms with Gasteiger partial charge in [-0.1, -0.05) is 0 Å². The Morgan fingerprint density at radius 3 is 2.92 bits per heavy atom. The summed E-state index contributed by atoms with van der Waals surface area (Å²) in [4.78, 5) is 11.3. The molecule has 0 bridgehead atoms. The minimum absolute atomic E-state index is 0.196. The van der Waals surface area contributed by atoms with Crippen LogP contribution in [-0.2, 0) is 9.53 Å². The normalized spacial score (nSPS) is 33.5. The number of ketones is 1. The van der Waals surface area contributed by atoms with Crippen LogP contribution in [0.2, 0.25) is 0 Å². The summed E-state index contributed by atoms with van der Waals surface area (Å²) < 4.78 is 5.62. The van der Waals surface area contributed by atoms with E-state index in [0.717, 1.165) is 24.2 Å². The highest BCUT2D eigenvalue weighted by Gasteiger charge is 2.39. The monoisotopic (exact) mass is 166 g/mol. The predicted molar refractivity (Wildman–Crippen MR) is 45.6 cm³/mol. The third kappa shape index (κ3) is 0.977. The molecule has 12 heavy (non-hydrogen) atoms. The van der Waals surface area contributed by atoms with Gasteiger partial charge in [0, 0.05) is 11.5 Å². The van der Waals surface area contributed by atoms with Crippen LogP contribution in [0.15, 0.2) is 11.3 Å². The summed E-state index contributed by atoms with van der Waals surface area (Å²) in [7, 11) is 0. The first-order chi connectivity index (χ1) is 5.70. The fourth-order valence-corrected chi connectivity index (χ4v) is 2.46. The summed E-state index contributed by atoms with van der Waals surface area (Å²) in [6, 6.07) is 0. The molecule has 0 spiro atoms. The van der Waals surface area contributed by atoms with Crippen LogP contribution in [0, 0.1) is 5.92 Å². The average molecular weight is 166 g/mol. The van der Waals surface area contributed by atoms with Crippen molar-refractivity contribution in [2.45, 2.75) is 39.2 Å². The van der Waals surface area contributed by atoms with Crippen LogP contribution in [-0.4, -0.2) is 11.9 Å². The molecular formula is C10H14O2. The number of allylic oxidation sites excluding steroid dienone is 1. The zero-order valence-electron chi connectivity index (χ0n) is 7.59. The molecule has 2 nitrogen and oxygen atoms in total. The number of rotatable bonds is 1. The summed E-state index contributed by atoms with van der Waals surface area (Å²) in [5, 5.41) is 0. The minimum atomic E-state index is 0.196. The number of hydrogen-bond donors (Lipinski definition) is 0. The van der Waals surface area contributed by atoms with E-state index in [1.54, 1.807) is 6.92 Å². The van der Waals surface area contributed by atoms with Crippen molar-refractivity contribution in [2.75, 3.05) is 0 Å². The van der Waals surface area contributed by atoms with Crippen molar-refractivity contribution < 1.29 is 9.53 Å². The maximum Gasteiger partial charge on any atom is 0.159 e. The molecule has 0 N–H and O–H groups in total. The molecule has 2 aliphatic rings. The van der Waals surface area contributed by atoms with Crippen molar-refractivity contribution in [3.63, 3.8) is 0 Å². The fraction of sp³-hybridized carbons (Fsp3) is 0.700. The maximum atomic E-state index is 11.3. The number of carbonyl (C=O) groups is 1. The van der Waals surface area contributed by atoms with Crippen molar-refractivity contribution in [2.24, 2.45) is 5.92 Å². The first kappa shape index (κ1) is 7.84. The summed E-state index contributed by atoms with van der Waals surface area (Å²) in [6.07, 6.45) is 3.79. The molecule has 2 rings (SSSR count). The Balaban J connectivity index is 2.29. The van der Waals surface area contributed by atoms with Gasteiger partial charge in [0.05, 0.1) is 0 Å². The highest BCUT2D eigenvalue weighted by molar-refractivity contribution is 5.94. The zero-order chi connectivity index (χ0) is 8.72. The first-order valence-electron chi connectivity index (χ1n) is 4.58. The van der Waals surface area contributed by atoms with Crippen LogP contribution < -0.4 is 0 Å². The standard InChI is InChI=1S/C10H14O2/c1-6(11)10-7(2)12-9-5-3-4-8(9)10/h8-9H,3-5H2,1-2H3/t8-,9+/m1/s1. The van der Waals surface area contributed by atoms with Gasteiger partial charge in [0.1, 0.15) is 11.9 Å². The van der Waals surface area contributed by atoms with Gasteiger partial charge in [-0.05, 0) is 33.1 Å². The topological polar surface area (TPSA) is 26.3 Å². The van der Waals surface area contributed by atoms with Gasteiger partial charge < -0.3 is 4.74 Å². The van der Waals surface area contributed by atoms with Crippen LogP contribution in [0.5, 0.6) is 0 Å². The van der Waals surface area contributed by atoms with E-state index in [2.05, 4.69) is 0 Å². The number of hydrogen-bond acceptors (Lipinski definition) is 2. The quantitative estimate of drug-likeness (QED) is 0.596. The molecule has 0 radical (unpaired) electrons. The van der Waals surface area contributed by atoms with Crippen molar-refractivity contribution in [3.05, 3.63) is 11.3 Å². The van der Waals surface area contributed by atoms with Gasteiger partial charge >= 0.3 is 0 Å². The lowest BCUT2D eigenvalue weighted by atomic mass is 9.94. The van der Waals surface area contributed by atoms with E-state index in [4.69, 9.17) is 4.74 Å². The van der Waals surface area contributed by atoms with Gasteiger partial charge in [-0.25, -0.2) is 0 Å². The van der Waals surface area contributed by atoms with Crippen molar-refractivity contribution in [3.8, 4) is 0 Å². The maximum absolute atomic E-state index is 11.3. The SMILES string of the molecule is CC(=O)C1=C(C)O[C@H]2CCC[C@@H]12. The van der Waals surface area contributed by atoms with Crippen LogP contribution in [0.4, 0.5) is 0 Å². The molecule has 1 fully saturated rings. The van der Waals surface area contributed by atoms with E-state index in [0.29, 0.717) is 12.0 Å².